The molecule has 0 unspecified atom stereocenters. The Hall–Kier alpha value is -2.56. The number of hydrogen-bond acceptors (Lipinski definition) is 3. The van der Waals surface area contributed by atoms with Gasteiger partial charge in [0, 0.05) is 22.5 Å². The highest BCUT2D eigenvalue weighted by atomic mass is 35.5. The second kappa shape index (κ2) is 8.44. The maximum absolute atomic E-state index is 13.3. The number of rotatable bonds is 5. The van der Waals surface area contributed by atoms with Gasteiger partial charge >= 0.3 is 0 Å². The lowest BCUT2D eigenvalue weighted by Gasteiger charge is -2.08. The van der Waals surface area contributed by atoms with Gasteiger partial charge < -0.3 is 4.74 Å². The molecule has 1 aliphatic carbocycles. The van der Waals surface area contributed by atoms with Crippen LogP contribution in [0.1, 0.15) is 27.0 Å². The highest BCUT2D eigenvalue weighted by molar-refractivity contribution is 7.98. The summed E-state index contributed by atoms with van der Waals surface area (Å²) in [5, 5.41) is 0.0450. The van der Waals surface area contributed by atoms with Crippen molar-refractivity contribution in [3.63, 3.8) is 0 Å². The summed E-state index contributed by atoms with van der Waals surface area (Å²) in [5.41, 5.74) is 4.07. The number of thioether (sulfide) groups is 1. The van der Waals surface area contributed by atoms with E-state index in [2.05, 4.69) is 24.3 Å². The second-order valence-electron chi connectivity index (χ2n) is 6.80. The van der Waals surface area contributed by atoms with Crippen LogP contribution in [0.5, 0.6) is 5.75 Å². The number of ether oxygens (including phenoxy) is 1. The number of carbonyl (C=O) groups is 1. The minimum atomic E-state index is -0.472. The highest BCUT2D eigenvalue weighted by Gasteiger charge is 2.25. The predicted octanol–water partition coefficient (Wildman–Crippen LogP) is 6.60. The molecule has 0 saturated heterocycles. The molecule has 0 N–H and O–H groups in total. The molecule has 5 heteroatoms. The van der Waals surface area contributed by atoms with Crippen molar-refractivity contribution in [2.75, 3.05) is 6.26 Å². The molecule has 2 nitrogen and oxygen atoms in total. The van der Waals surface area contributed by atoms with Crippen LogP contribution in [-0.4, -0.2) is 12.0 Å². The molecule has 29 heavy (non-hydrogen) atoms. The zero-order valence-electron chi connectivity index (χ0n) is 15.7. The summed E-state index contributed by atoms with van der Waals surface area (Å²) < 4.78 is 19.3. The first-order chi connectivity index (χ1) is 14.0. The van der Waals surface area contributed by atoms with Crippen LogP contribution < -0.4 is 4.74 Å². The monoisotopic (exact) mass is 424 g/mol. The first-order valence-electron chi connectivity index (χ1n) is 9.12. The summed E-state index contributed by atoms with van der Waals surface area (Å²) in [6, 6.07) is 18.2. The molecule has 0 atom stereocenters. The van der Waals surface area contributed by atoms with Crippen molar-refractivity contribution in [3.8, 4) is 5.75 Å². The summed E-state index contributed by atoms with van der Waals surface area (Å²) >= 11 is 7.54. The van der Waals surface area contributed by atoms with Gasteiger partial charge in [-0.05, 0) is 71.5 Å². The van der Waals surface area contributed by atoms with Crippen LogP contribution in [0.3, 0.4) is 0 Å². The minimum absolute atomic E-state index is 0.0142. The van der Waals surface area contributed by atoms with Gasteiger partial charge in [-0.3, -0.25) is 4.79 Å². The van der Waals surface area contributed by atoms with Gasteiger partial charge in [-0.2, -0.15) is 0 Å². The van der Waals surface area contributed by atoms with Gasteiger partial charge in [0.1, 0.15) is 18.2 Å². The summed E-state index contributed by atoms with van der Waals surface area (Å²) in [6.45, 7) is 0.470. The third kappa shape index (κ3) is 4.39. The Balaban J connectivity index is 1.49. The van der Waals surface area contributed by atoms with Crippen LogP contribution in [0.2, 0.25) is 5.02 Å². The summed E-state index contributed by atoms with van der Waals surface area (Å²) in [5.74, 6) is 0.246. The van der Waals surface area contributed by atoms with Crippen molar-refractivity contribution in [2.45, 2.75) is 17.9 Å². The van der Waals surface area contributed by atoms with Crippen molar-refractivity contribution < 1.29 is 13.9 Å². The summed E-state index contributed by atoms with van der Waals surface area (Å²) in [7, 11) is 0. The van der Waals surface area contributed by atoms with Gasteiger partial charge in [0.15, 0.2) is 5.78 Å². The standard InChI is InChI=1S/C24H18ClFO2S/c1-29-20-6-2-15(3-7-20)14-28-19-5-8-21-17(13-19)12-18(24(21)27)10-16-4-9-23(26)22(25)11-16/h2-11,13H,12,14H2,1H3/b18-10+. The van der Waals surface area contributed by atoms with E-state index in [0.29, 0.717) is 29.7 Å². The Morgan fingerprint density at radius 2 is 1.90 bits per heavy atom. The molecule has 0 amide bonds. The largest absolute Gasteiger partial charge is 0.489 e. The Morgan fingerprint density at radius 3 is 2.62 bits per heavy atom. The topological polar surface area (TPSA) is 26.3 Å². The number of carbonyl (C=O) groups excluding carboxylic acids is 1. The SMILES string of the molecule is CSc1ccc(COc2ccc3c(c2)C/C(=C\c2ccc(F)c(Cl)c2)C3=O)cc1. The number of Topliss-reactive ketones (excluding diaryl/α,β-unsaturated/α-hetero) is 1. The molecule has 3 aromatic carbocycles. The molecule has 1 aliphatic rings. The van der Waals surface area contributed by atoms with Gasteiger partial charge in [0.25, 0.3) is 0 Å². The van der Waals surface area contributed by atoms with E-state index in [0.717, 1.165) is 16.9 Å². The molecule has 0 bridgehead atoms. The number of ketones is 1. The fraction of sp³-hybridized carbons (Fsp3) is 0.125. The van der Waals surface area contributed by atoms with Crippen molar-refractivity contribution in [2.24, 2.45) is 0 Å². The van der Waals surface area contributed by atoms with Gasteiger partial charge in [-0.15, -0.1) is 11.8 Å². The van der Waals surface area contributed by atoms with Crippen molar-refractivity contribution in [1.29, 1.82) is 0 Å². The van der Waals surface area contributed by atoms with Crippen LogP contribution in [0.25, 0.3) is 6.08 Å². The maximum Gasteiger partial charge on any atom is 0.189 e. The van der Waals surface area contributed by atoms with E-state index < -0.39 is 5.82 Å². The van der Waals surface area contributed by atoms with Gasteiger partial charge in [0.05, 0.1) is 5.02 Å². The van der Waals surface area contributed by atoms with Crippen LogP contribution in [-0.2, 0) is 13.0 Å². The fourth-order valence-electron chi connectivity index (χ4n) is 3.29. The highest BCUT2D eigenvalue weighted by Crippen LogP contribution is 2.31. The quantitative estimate of drug-likeness (QED) is 0.341. The molecule has 0 spiro atoms. The lowest BCUT2D eigenvalue weighted by atomic mass is 10.1. The minimum Gasteiger partial charge on any atom is -0.489 e. The molecule has 0 aromatic heterocycles. The maximum atomic E-state index is 13.3. The summed E-state index contributed by atoms with van der Waals surface area (Å²) in [6.07, 6.45) is 4.33. The van der Waals surface area contributed by atoms with Crippen LogP contribution in [0.15, 0.2) is 71.1 Å². The molecular weight excluding hydrogens is 407 g/mol. The third-order valence-corrected chi connectivity index (χ3v) is 5.88. The van der Waals surface area contributed by atoms with E-state index in [4.69, 9.17) is 16.3 Å². The smallest absolute Gasteiger partial charge is 0.189 e. The Morgan fingerprint density at radius 1 is 1.10 bits per heavy atom. The molecule has 0 radical (unpaired) electrons. The van der Waals surface area contributed by atoms with E-state index in [1.54, 1.807) is 23.9 Å². The van der Waals surface area contributed by atoms with Crippen LogP contribution in [0.4, 0.5) is 4.39 Å². The Labute approximate surface area is 178 Å². The van der Waals surface area contributed by atoms with Crippen LogP contribution in [0, 0.1) is 5.82 Å². The number of benzene rings is 3. The number of fused-ring (bicyclic) bond motifs is 1. The predicted molar refractivity (Wildman–Crippen MR) is 116 cm³/mol. The Bertz CT molecular complexity index is 1110. The lowest BCUT2D eigenvalue weighted by molar-refractivity contribution is 0.104. The zero-order valence-corrected chi connectivity index (χ0v) is 17.3. The lowest BCUT2D eigenvalue weighted by Crippen LogP contribution is -1.97. The Kier molecular flexibility index (Phi) is 5.74. The number of hydrogen-bond donors (Lipinski definition) is 0. The molecule has 0 fully saturated rings. The average molecular weight is 425 g/mol. The van der Waals surface area contributed by atoms with E-state index in [9.17, 15) is 9.18 Å². The molecular formula is C24H18ClFO2S. The first kappa shape index (κ1) is 19.7. The van der Waals surface area contributed by atoms with Crippen molar-refractivity contribution >= 4 is 35.2 Å². The molecule has 0 heterocycles. The average Bonchev–Trinajstić information content (AvgIpc) is 3.04. The summed E-state index contributed by atoms with van der Waals surface area (Å²) in [4.78, 5) is 13.9. The van der Waals surface area contributed by atoms with Gasteiger partial charge in [0.2, 0.25) is 0 Å². The second-order valence-corrected chi connectivity index (χ2v) is 8.09. The number of halogens is 2. The van der Waals surface area contributed by atoms with Crippen molar-refractivity contribution in [1.82, 2.24) is 0 Å². The van der Waals surface area contributed by atoms with E-state index in [-0.39, 0.29) is 10.8 Å². The first-order valence-corrected chi connectivity index (χ1v) is 10.7. The molecule has 3 aromatic rings. The zero-order chi connectivity index (χ0) is 20.4. The molecule has 0 aliphatic heterocycles. The normalized spacial score (nSPS) is 14.3. The van der Waals surface area contributed by atoms with Crippen LogP contribution >= 0.6 is 23.4 Å². The molecule has 0 saturated carbocycles. The number of allylic oxidation sites excluding steroid dienone is 1. The molecule has 146 valence electrons. The van der Waals surface area contributed by atoms with Gasteiger partial charge in [-0.25, -0.2) is 4.39 Å². The third-order valence-electron chi connectivity index (χ3n) is 4.84. The van der Waals surface area contributed by atoms with E-state index in [1.165, 1.54) is 17.0 Å². The molecule has 4 rings (SSSR count). The van der Waals surface area contributed by atoms with Gasteiger partial charge in [-0.1, -0.05) is 29.8 Å². The van der Waals surface area contributed by atoms with E-state index in [1.807, 2.05) is 24.5 Å². The van der Waals surface area contributed by atoms with Crippen molar-refractivity contribution in [3.05, 3.63) is 99.3 Å². The fourth-order valence-corrected chi connectivity index (χ4v) is 3.89. The van der Waals surface area contributed by atoms with E-state index >= 15 is 0 Å².